The van der Waals surface area contributed by atoms with Crippen LogP contribution in [0.3, 0.4) is 0 Å². The normalized spacial score (nSPS) is 10.2. The standard InChI is InChI=1S/C14H11F3N2O/c1-18-13-10(16)6-8(7-11(13)17)14(20)19-12-5-3-2-4-9(12)15/h2-7,18H,1H3,(H,19,20). The molecule has 0 bridgehead atoms. The summed E-state index contributed by atoms with van der Waals surface area (Å²) in [6, 6.07) is 7.27. The van der Waals surface area contributed by atoms with E-state index in [1.807, 2.05) is 0 Å². The monoisotopic (exact) mass is 280 g/mol. The zero-order valence-corrected chi connectivity index (χ0v) is 10.5. The van der Waals surface area contributed by atoms with E-state index in [1.54, 1.807) is 0 Å². The van der Waals surface area contributed by atoms with Crippen LogP contribution in [0.4, 0.5) is 24.5 Å². The fourth-order valence-electron chi connectivity index (χ4n) is 1.70. The minimum Gasteiger partial charge on any atom is -0.383 e. The molecule has 6 heteroatoms. The van der Waals surface area contributed by atoms with E-state index in [1.165, 1.54) is 31.3 Å². The number of anilines is 2. The van der Waals surface area contributed by atoms with Crippen molar-refractivity contribution in [2.24, 2.45) is 0 Å². The van der Waals surface area contributed by atoms with E-state index >= 15 is 0 Å². The fourth-order valence-corrected chi connectivity index (χ4v) is 1.70. The lowest BCUT2D eigenvalue weighted by Gasteiger charge is -2.09. The SMILES string of the molecule is CNc1c(F)cc(C(=O)Nc2ccccc2F)cc1F. The zero-order chi connectivity index (χ0) is 14.7. The Morgan fingerprint density at radius 2 is 1.60 bits per heavy atom. The Morgan fingerprint density at radius 1 is 1.00 bits per heavy atom. The van der Waals surface area contributed by atoms with Crippen LogP contribution in [-0.4, -0.2) is 13.0 Å². The van der Waals surface area contributed by atoms with Gasteiger partial charge in [-0.2, -0.15) is 0 Å². The van der Waals surface area contributed by atoms with Gasteiger partial charge in [0.05, 0.1) is 5.69 Å². The maximum absolute atomic E-state index is 13.5. The number of carbonyl (C=O) groups is 1. The molecule has 20 heavy (non-hydrogen) atoms. The highest BCUT2D eigenvalue weighted by Crippen LogP contribution is 2.21. The molecule has 0 atom stereocenters. The van der Waals surface area contributed by atoms with Crippen LogP contribution in [-0.2, 0) is 0 Å². The largest absolute Gasteiger partial charge is 0.383 e. The molecule has 0 aromatic heterocycles. The molecule has 0 saturated heterocycles. The van der Waals surface area contributed by atoms with Gasteiger partial charge >= 0.3 is 0 Å². The van der Waals surface area contributed by atoms with Gasteiger partial charge in [-0.05, 0) is 24.3 Å². The molecule has 0 fully saturated rings. The van der Waals surface area contributed by atoms with Gasteiger partial charge in [0.1, 0.15) is 23.1 Å². The van der Waals surface area contributed by atoms with Crippen molar-refractivity contribution < 1.29 is 18.0 Å². The van der Waals surface area contributed by atoms with E-state index in [4.69, 9.17) is 0 Å². The predicted octanol–water partition coefficient (Wildman–Crippen LogP) is 3.40. The number of hydrogen-bond donors (Lipinski definition) is 2. The Labute approximate surface area is 113 Å². The van der Waals surface area contributed by atoms with E-state index in [-0.39, 0.29) is 16.9 Å². The second-order valence-corrected chi connectivity index (χ2v) is 4.00. The maximum Gasteiger partial charge on any atom is 0.255 e. The Bertz CT molecular complexity index is 636. The first-order valence-electron chi connectivity index (χ1n) is 5.75. The second kappa shape index (κ2) is 5.64. The number of para-hydroxylation sites is 1. The number of hydrogen-bond acceptors (Lipinski definition) is 2. The summed E-state index contributed by atoms with van der Waals surface area (Å²) < 4.78 is 40.4. The zero-order valence-electron chi connectivity index (χ0n) is 10.5. The van der Waals surface area contributed by atoms with Crippen LogP contribution < -0.4 is 10.6 Å². The molecule has 0 saturated carbocycles. The first-order chi connectivity index (χ1) is 9.52. The van der Waals surface area contributed by atoms with Gasteiger partial charge in [0.15, 0.2) is 0 Å². The van der Waals surface area contributed by atoms with Crippen molar-refractivity contribution in [3.63, 3.8) is 0 Å². The van der Waals surface area contributed by atoms with Crippen LogP contribution in [0.5, 0.6) is 0 Å². The predicted molar refractivity (Wildman–Crippen MR) is 70.3 cm³/mol. The van der Waals surface area contributed by atoms with Crippen molar-refractivity contribution >= 4 is 17.3 Å². The topological polar surface area (TPSA) is 41.1 Å². The van der Waals surface area contributed by atoms with E-state index in [0.29, 0.717) is 0 Å². The van der Waals surface area contributed by atoms with Gasteiger partial charge in [0, 0.05) is 12.6 Å². The van der Waals surface area contributed by atoms with E-state index < -0.39 is 23.4 Å². The molecule has 2 rings (SSSR count). The third-order valence-corrected chi connectivity index (χ3v) is 2.68. The Balaban J connectivity index is 2.29. The van der Waals surface area contributed by atoms with Crippen LogP contribution in [0, 0.1) is 17.5 Å². The van der Waals surface area contributed by atoms with Crippen LogP contribution in [0.2, 0.25) is 0 Å². The van der Waals surface area contributed by atoms with E-state index in [9.17, 15) is 18.0 Å². The average molecular weight is 280 g/mol. The van der Waals surface area contributed by atoms with Gasteiger partial charge in [-0.15, -0.1) is 0 Å². The third-order valence-electron chi connectivity index (χ3n) is 2.68. The molecular formula is C14H11F3N2O. The summed E-state index contributed by atoms with van der Waals surface area (Å²) in [6.45, 7) is 0. The summed E-state index contributed by atoms with van der Waals surface area (Å²) in [4.78, 5) is 11.8. The van der Waals surface area contributed by atoms with Crippen LogP contribution >= 0.6 is 0 Å². The van der Waals surface area contributed by atoms with Gasteiger partial charge in [0.2, 0.25) is 0 Å². The van der Waals surface area contributed by atoms with Crippen molar-refractivity contribution in [3.8, 4) is 0 Å². The Kier molecular flexibility index (Phi) is 3.93. The first-order valence-corrected chi connectivity index (χ1v) is 5.75. The Hall–Kier alpha value is -2.50. The highest BCUT2D eigenvalue weighted by molar-refractivity contribution is 6.04. The highest BCUT2D eigenvalue weighted by Gasteiger charge is 2.15. The maximum atomic E-state index is 13.5. The van der Waals surface area contributed by atoms with Gasteiger partial charge in [-0.25, -0.2) is 13.2 Å². The van der Waals surface area contributed by atoms with Crippen molar-refractivity contribution in [2.45, 2.75) is 0 Å². The third kappa shape index (κ3) is 2.74. The summed E-state index contributed by atoms with van der Waals surface area (Å²) >= 11 is 0. The average Bonchev–Trinajstić information content (AvgIpc) is 2.41. The number of nitrogens with one attached hydrogen (secondary N) is 2. The lowest BCUT2D eigenvalue weighted by atomic mass is 10.1. The molecule has 2 aromatic carbocycles. The highest BCUT2D eigenvalue weighted by atomic mass is 19.1. The summed E-state index contributed by atoms with van der Waals surface area (Å²) in [5.41, 5.74) is -0.620. The summed E-state index contributed by atoms with van der Waals surface area (Å²) in [5.74, 6) is -3.22. The number of halogens is 3. The minimum absolute atomic E-state index is 0.0593. The van der Waals surface area contributed by atoms with Gasteiger partial charge in [-0.3, -0.25) is 4.79 Å². The van der Waals surface area contributed by atoms with Crippen molar-refractivity contribution in [1.82, 2.24) is 0 Å². The summed E-state index contributed by atoms with van der Waals surface area (Å²) in [7, 11) is 1.36. The molecule has 0 radical (unpaired) electrons. The smallest absolute Gasteiger partial charge is 0.255 e. The van der Waals surface area contributed by atoms with Crippen molar-refractivity contribution in [1.29, 1.82) is 0 Å². The van der Waals surface area contributed by atoms with Gasteiger partial charge in [0.25, 0.3) is 5.91 Å². The van der Waals surface area contributed by atoms with E-state index in [0.717, 1.165) is 12.1 Å². The molecule has 104 valence electrons. The lowest BCUT2D eigenvalue weighted by Crippen LogP contribution is -2.14. The summed E-state index contributed by atoms with van der Waals surface area (Å²) in [6.07, 6.45) is 0. The van der Waals surface area contributed by atoms with Gasteiger partial charge in [-0.1, -0.05) is 12.1 Å². The minimum atomic E-state index is -0.897. The molecule has 0 unspecified atom stereocenters. The molecule has 0 heterocycles. The molecule has 1 amide bonds. The lowest BCUT2D eigenvalue weighted by molar-refractivity contribution is 0.102. The molecular weight excluding hydrogens is 269 g/mol. The van der Waals surface area contributed by atoms with Crippen molar-refractivity contribution in [2.75, 3.05) is 17.7 Å². The van der Waals surface area contributed by atoms with Crippen LogP contribution in [0.15, 0.2) is 36.4 Å². The number of amides is 1. The quantitative estimate of drug-likeness (QED) is 0.904. The van der Waals surface area contributed by atoms with Crippen molar-refractivity contribution in [3.05, 3.63) is 59.4 Å². The molecule has 0 aliphatic rings. The number of carbonyl (C=O) groups excluding carboxylic acids is 1. The molecule has 2 aromatic rings. The van der Waals surface area contributed by atoms with E-state index in [2.05, 4.69) is 10.6 Å². The number of rotatable bonds is 3. The van der Waals surface area contributed by atoms with Crippen LogP contribution in [0.1, 0.15) is 10.4 Å². The molecule has 0 spiro atoms. The summed E-state index contributed by atoms with van der Waals surface area (Å²) in [5, 5.41) is 4.60. The first kappa shape index (κ1) is 13.9. The molecule has 3 nitrogen and oxygen atoms in total. The number of benzene rings is 2. The molecule has 2 N–H and O–H groups in total. The van der Waals surface area contributed by atoms with Gasteiger partial charge < -0.3 is 10.6 Å². The van der Waals surface area contributed by atoms with Crippen LogP contribution in [0.25, 0.3) is 0 Å². The second-order valence-electron chi connectivity index (χ2n) is 4.00. The molecule has 0 aliphatic carbocycles. The molecule has 0 aliphatic heterocycles. The Morgan fingerprint density at radius 3 is 2.15 bits per heavy atom. The fraction of sp³-hybridized carbons (Fsp3) is 0.0714.